The maximum Gasteiger partial charge on any atom is 0.0595 e. The highest BCUT2D eigenvalue weighted by molar-refractivity contribution is 4.92. The van der Waals surface area contributed by atoms with Crippen LogP contribution in [-0.4, -0.2) is 49.8 Å². The summed E-state index contributed by atoms with van der Waals surface area (Å²) in [6.07, 6.45) is 9.89. The Morgan fingerprint density at radius 1 is 1.10 bits per heavy atom. The molecule has 1 heterocycles. The van der Waals surface area contributed by atoms with Crippen LogP contribution in [0.1, 0.15) is 58.8 Å². The molecule has 2 aliphatic rings. The lowest BCUT2D eigenvalue weighted by atomic mass is 9.79. The molecule has 1 aliphatic carbocycles. The second-order valence-electron chi connectivity index (χ2n) is 6.67. The summed E-state index contributed by atoms with van der Waals surface area (Å²) in [4.78, 5) is 2.75. The average molecular weight is 282 g/mol. The molecule has 2 rings (SSSR count). The molecule has 0 radical (unpaired) electrons. The van der Waals surface area contributed by atoms with Crippen LogP contribution >= 0.6 is 0 Å². The van der Waals surface area contributed by atoms with Gasteiger partial charge in [0.2, 0.25) is 0 Å². The van der Waals surface area contributed by atoms with Gasteiger partial charge in [-0.25, -0.2) is 0 Å². The summed E-state index contributed by atoms with van der Waals surface area (Å²) in [6.45, 7) is 8.13. The summed E-state index contributed by atoms with van der Waals surface area (Å²) in [5.74, 6) is 0.958. The molecule has 3 heteroatoms. The summed E-state index contributed by atoms with van der Waals surface area (Å²) in [5, 5.41) is 3.75. The molecule has 20 heavy (non-hydrogen) atoms. The van der Waals surface area contributed by atoms with E-state index in [1.54, 1.807) is 0 Å². The van der Waals surface area contributed by atoms with E-state index in [0.717, 1.165) is 18.5 Å². The standard InChI is InChI=1S/C17H34N2O/c1-4-6-14-7-8-16(18-5-2)17(13-14)19-11-9-15(20-3)10-12-19/h14-18H,4-13H2,1-3H3. The SMILES string of the molecule is CCCC1CCC(NCC)C(N2CCC(OC)CC2)C1. The Morgan fingerprint density at radius 2 is 1.85 bits per heavy atom. The fourth-order valence-electron chi connectivity index (χ4n) is 4.25. The van der Waals surface area contributed by atoms with Gasteiger partial charge in [0.05, 0.1) is 6.10 Å². The minimum Gasteiger partial charge on any atom is -0.381 e. The maximum absolute atomic E-state index is 5.52. The zero-order valence-electron chi connectivity index (χ0n) is 13.7. The van der Waals surface area contributed by atoms with E-state index in [1.807, 2.05) is 7.11 Å². The molecule has 118 valence electrons. The van der Waals surface area contributed by atoms with Gasteiger partial charge in [0.15, 0.2) is 0 Å². The third kappa shape index (κ3) is 4.19. The van der Waals surface area contributed by atoms with Crippen molar-refractivity contribution in [3.05, 3.63) is 0 Å². The summed E-state index contributed by atoms with van der Waals surface area (Å²) >= 11 is 0. The van der Waals surface area contributed by atoms with Crippen LogP contribution in [0.5, 0.6) is 0 Å². The zero-order chi connectivity index (χ0) is 14.4. The Bertz CT molecular complexity index is 264. The van der Waals surface area contributed by atoms with E-state index in [2.05, 4.69) is 24.1 Å². The molecule has 0 amide bonds. The minimum absolute atomic E-state index is 0.499. The van der Waals surface area contributed by atoms with Gasteiger partial charge in [-0.1, -0.05) is 26.7 Å². The third-order valence-corrected chi connectivity index (χ3v) is 5.37. The second kappa shape index (κ2) is 8.35. The van der Waals surface area contributed by atoms with Gasteiger partial charge in [-0.05, 0) is 44.6 Å². The van der Waals surface area contributed by atoms with Crippen LogP contribution in [0.2, 0.25) is 0 Å². The van der Waals surface area contributed by atoms with Crippen molar-refractivity contribution in [2.75, 3.05) is 26.7 Å². The van der Waals surface area contributed by atoms with Gasteiger partial charge in [0.25, 0.3) is 0 Å². The Labute approximate surface area is 125 Å². The molecule has 1 saturated carbocycles. The largest absolute Gasteiger partial charge is 0.381 e. The molecule has 0 spiro atoms. The zero-order valence-corrected chi connectivity index (χ0v) is 13.7. The van der Waals surface area contributed by atoms with E-state index in [0.29, 0.717) is 12.1 Å². The average Bonchev–Trinajstić information content (AvgIpc) is 2.49. The Balaban J connectivity index is 1.92. The van der Waals surface area contributed by atoms with Crippen molar-refractivity contribution in [2.24, 2.45) is 5.92 Å². The van der Waals surface area contributed by atoms with Gasteiger partial charge < -0.3 is 10.1 Å². The lowest BCUT2D eigenvalue weighted by Crippen LogP contribution is -2.55. The molecule has 2 fully saturated rings. The van der Waals surface area contributed by atoms with E-state index >= 15 is 0 Å². The van der Waals surface area contributed by atoms with Crippen LogP contribution in [-0.2, 0) is 4.74 Å². The van der Waals surface area contributed by atoms with Crippen molar-refractivity contribution in [2.45, 2.75) is 77.0 Å². The van der Waals surface area contributed by atoms with Gasteiger partial charge >= 0.3 is 0 Å². The molecule has 0 aromatic rings. The predicted octanol–water partition coefficient (Wildman–Crippen LogP) is 3.04. The van der Waals surface area contributed by atoms with Crippen LogP contribution in [0.25, 0.3) is 0 Å². The van der Waals surface area contributed by atoms with Crippen molar-refractivity contribution < 1.29 is 4.74 Å². The number of rotatable bonds is 6. The van der Waals surface area contributed by atoms with Crippen molar-refractivity contribution in [3.8, 4) is 0 Å². The molecule has 1 N–H and O–H groups in total. The van der Waals surface area contributed by atoms with E-state index < -0.39 is 0 Å². The van der Waals surface area contributed by atoms with Crippen LogP contribution in [0.4, 0.5) is 0 Å². The summed E-state index contributed by atoms with van der Waals surface area (Å²) in [6, 6.07) is 1.48. The smallest absolute Gasteiger partial charge is 0.0595 e. The number of hydrogen-bond acceptors (Lipinski definition) is 3. The van der Waals surface area contributed by atoms with Gasteiger partial charge in [-0.15, -0.1) is 0 Å². The first-order valence-electron chi connectivity index (χ1n) is 8.78. The highest BCUT2D eigenvalue weighted by Gasteiger charge is 2.35. The summed E-state index contributed by atoms with van der Waals surface area (Å²) < 4.78 is 5.52. The lowest BCUT2D eigenvalue weighted by Gasteiger charge is -2.45. The number of methoxy groups -OCH3 is 1. The van der Waals surface area contributed by atoms with Gasteiger partial charge in [-0.2, -0.15) is 0 Å². The highest BCUT2D eigenvalue weighted by atomic mass is 16.5. The van der Waals surface area contributed by atoms with Crippen molar-refractivity contribution in [1.29, 1.82) is 0 Å². The monoisotopic (exact) mass is 282 g/mol. The predicted molar refractivity (Wildman–Crippen MR) is 85.1 cm³/mol. The first kappa shape index (κ1) is 16.3. The van der Waals surface area contributed by atoms with Gasteiger partial charge in [0, 0.05) is 32.3 Å². The first-order chi connectivity index (χ1) is 9.78. The number of piperidine rings is 1. The number of hydrogen-bond donors (Lipinski definition) is 1. The van der Waals surface area contributed by atoms with Crippen LogP contribution < -0.4 is 5.32 Å². The Morgan fingerprint density at radius 3 is 2.45 bits per heavy atom. The molecular weight excluding hydrogens is 248 g/mol. The van der Waals surface area contributed by atoms with Gasteiger partial charge in [0.1, 0.15) is 0 Å². The third-order valence-electron chi connectivity index (χ3n) is 5.37. The molecule has 3 nitrogen and oxygen atoms in total. The molecule has 0 bridgehead atoms. The second-order valence-corrected chi connectivity index (χ2v) is 6.67. The Hall–Kier alpha value is -0.120. The normalized spacial score (nSPS) is 33.5. The number of likely N-dealkylation sites (tertiary alicyclic amines) is 1. The molecule has 3 atom stereocenters. The molecule has 0 aromatic carbocycles. The molecule has 1 aliphatic heterocycles. The minimum atomic E-state index is 0.499. The van der Waals surface area contributed by atoms with E-state index in [4.69, 9.17) is 4.74 Å². The molecule has 1 saturated heterocycles. The van der Waals surface area contributed by atoms with Crippen molar-refractivity contribution in [3.63, 3.8) is 0 Å². The highest BCUT2D eigenvalue weighted by Crippen LogP contribution is 2.32. The van der Waals surface area contributed by atoms with Crippen LogP contribution in [0, 0.1) is 5.92 Å². The number of nitrogens with one attached hydrogen (secondary N) is 1. The fourth-order valence-corrected chi connectivity index (χ4v) is 4.25. The summed E-state index contributed by atoms with van der Waals surface area (Å²) in [7, 11) is 1.86. The lowest BCUT2D eigenvalue weighted by molar-refractivity contribution is 0.00733. The maximum atomic E-state index is 5.52. The Kier molecular flexibility index (Phi) is 6.79. The summed E-state index contributed by atoms with van der Waals surface area (Å²) in [5.41, 5.74) is 0. The number of likely N-dealkylation sites (N-methyl/N-ethyl adjacent to an activating group) is 1. The first-order valence-corrected chi connectivity index (χ1v) is 8.78. The van der Waals surface area contributed by atoms with E-state index in [1.165, 1.54) is 58.0 Å². The van der Waals surface area contributed by atoms with Crippen molar-refractivity contribution in [1.82, 2.24) is 10.2 Å². The molecule has 3 unspecified atom stereocenters. The van der Waals surface area contributed by atoms with Gasteiger partial charge in [-0.3, -0.25) is 4.90 Å². The van der Waals surface area contributed by atoms with Crippen molar-refractivity contribution >= 4 is 0 Å². The van der Waals surface area contributed by atoms with Crippen LogP contribution in [0.3, 0.4) is 0 Å². The molecular formula is C17H34N2O. The fraction of sp³-hybridized carbons (Fsp3) is 1.00. The quantitative estimate of drug-likeness (QED) is 0.810. The topological polar surface area (TPSA) is 24.5 Å². The number of ether oxygens (including phenoxy) is 1. The van der Waals surface area contributed by atoms with Crippen LogP contribution in [0.15, 0.2) is 0 Å². The molecule has 0 aromatic heterocycles. The van der Waals surface area contributed by atoms with E-state index in [-0.39, 0.29) is 0 Å². The van der Waals surface area contributed by atoms with E-state index in [9.17, 15) is 0 Å². The number of nitrogens with zero attached hydrogens (tertiary/aromatic N) is 1.